The Bertz CT molecular complexity index is 428. The number of benzene rings is 1. The Morgan fingerprint density at radius 3 is 1.64 bits per heavy atom. The van der Waals surface area contributed by atoms with Gasteiger partial charge in [-0.1, -0.05) is 24.3 Å². The van der Waals surface area contributed by atoms with Crippen molar-refractivity contribution in [3.63, 3.8) is 0 Å². The van der Waals surface area contributed by atoms with Crippen molar-refractivity contribution in [2.75, 3.05) is 0 Å². The predicted molar refractivity (Wildman–Crippen MR) is 51.1 cm³/mol. The van der Waals surface area contributed by atoms with Gasteiger partial charge in [0, 0.05) is 0 Å². The van der Waals surface area contributed by atoms with Crippen molar-refractivity contribution >= 4 is 11.6 Å². The molecule has 1 aromatic carbocycles. The van der Waals surface area contributed by atoms with E-state index in [0.717, 1.165) is 11.1 Å². The lowest BCUT2D eigenvalue weighted by Crippen LogP contribution is -2.37. The summed E-state index contributed by atoms with van der Waals surface area (Å²) in [4.78, 5) is 23.1. The van der Waals surface area contributed by atoms with E-state index in [2.05, 4.69) is 0 Å². The van der Waals surface area contributed by atoms with Crippen LogP contribution in [-0.2, 0) is 9.59 Å². The van der Waals surface area contributed by atoms with E-state index in [1.807, 2.05) is 24.3 Å². The summed E-state index contributed by atoms with van der Waals surface area (Å²) >= 11 is 0. The highest BCUT2D eigenvalue weighted by Crippen LogP contribution is 2.49. The molecule has 0 saturated carbocycles. The molecule has 2 nitrogen and oxygen atoms in total. The second-order valence-electron chi connectivity index (χ2n) is 3.72. The van der Waals surface area contributed by atoms with Crippen molar-refractivity contribution < 1.29 is 9.59 Å². The third-order valence-corrected chi connectivity index (χ3v) is 3.02. The van der Waals surface area contributed by atoms with Gasteiger partial charge in [0.25, 0.3) is 0 Å². The highest BCUT2D eigenvalue weighted by atomic mass is 16.1. The predicted octanol–water partition coefficient (Wildman–Crippen LogP) is 1.58. The molecule has 0 spiro atoms. The molecular weight excluding hydrogens is 176 g/mol. The zero-order chi connectivity index (χ0) is 9.71. The van der Waals surface area contributed by atoms with Crippen LogP contribution in [0.5, 0.6) is 0 Å². The van der Waals surface area contributed by atoms with Gasteiger partial charge in [-0.05, 0) is 23.3 Å². The van der Waals surface area contributed by atoms with Gasteiger partial charge in [-0.15, -0.1) is 0 Å². The number of ketones is 2. The number of carbonyl (C=O) groups is 2. The van der Waals surface area contributed by atoms with Crippen molar-refractivity contribution in [3.8, 4) is 0 Å². The van der Waals surface area contributed by atoms with Crippen LogP contribution in [0.4, 0.5) is 0 Å². The third-order valence-electron chi connectivity index (χ3n) is 3.02. The third kappa shape index (κ3) is 0.757. The van der Waals surface area contributed by atoms with Crippen molar-refractivity contribution in [2.45, 2.75) is 11.8 Å². The summed E-state index contributed by atoms with van der Waals surface area (Å²) in [5.41, 5.74) is 2.06. The monoisotopic (exact) mass is 184 g/mol. The molecule has 2 heteroatoms. The van der Waals surface area contributed by atoms with Crippen LogP contribution in [0.1, 0.15) is 23.0 Å². The Morgan fingerprint density at radius 2 is 1.21 bits per heavy atom. The summed E-state index contributed by atoms with van der Waals surface area (Å²) in [5.74, 6) is -0.256. The smallest absolute Gasteiger partial charge is 0.164 e. The van der Waals surface area contributed by atoms with Crippen molar-refractivity contribution in [1.82, 2.24) is 0 Å². The Morgan fingerprint density at radius 1 is 0.786 bits per heavy atom. The molecule has 0 aliphatic heterocycles. The average Bonchev–Trinajstić information content (AvgIpc) is 2.16. The van der Waals surface area contributed by atoms with E-state index in [4.69, 9.17) is 0 Å². The van der Waals surface area contributed by atoms with Gasteiger partial charge >= 0.3 is 0 Å². The van der Waals surface area contributed by atoms with Crippen LogP contribution in [0.15, 0.2) is 36.4 Å². The highest BCUT2D eigenvalue weighted by Gasteiger charge is 2.46. The van der Waals surface area contributed by atoms with Crippen molar-refractivity contribution in [3.05, 3.63) is 47.5 Å². The highest BCUT2D eigenvalue weighted by molar-refractivity contribution is 6.14. The number of carbonyl (C=O) groups excluding carboxylic acids is 2. The van der Waals surface area contributed by atoms with Gasteiger partial charge < -0.3 is 0 Å². The van der Waals surface area contributed by atoms with Crippen LogP contribution in [0.25, 0.3) is 0 Å². The Labute approximate surface area is 81.2 Å². The van der Waals surface area contributed by atoms with Gasteiger partial charge in [0.05, 0.1) is 11.8 Å². The minimum Gasteiger partial charge on any atom is -0.294 e. The number of fused-ring (bicyclic) bond motifs is 4. The molecule has 0 fully saturated rings. The van der Waals surface area contributed by atoms with Gasteiger partial charge in [-0.3, -0.25) is 9.59 Å². The molecule has 1 aromatic rings. The standard InChI is InChI=1S/C12H8O2/c13-9-5-6-10(14)12-8-4-2-1-3-7(8)11(9)12/h1-6,11-12H. The number of rotatable bonds is 0. The van der Waals surface area contributed by atoms with Crippen molar-refractivity contribution in [2.24, 2.45) is 0 Å². The Balaban J connectivity index is 2.19. The molecule has 2 aliphatic carbocycles. The Kier molecular flexibility index (Phi) is 1.32. The summed E-state index contributed by atoms with van der Waals surface area (Å²) in [6, 6.07) is 7.68. The first-order chi connectivity index (χ1) is 6.79. The molecule has 0 radical (unpaired) electrons. The SMILES string of the molecule is O=C1C=CC(=O)C2c3ccccc3C12. The maximum absolute atomic E-state index is 11.5. The first-order valence-corrected chi connectivity index (χ1v) is 4.63. The van der Waals surface area contributed by atoms with E-state index < -0.39 is 0 Å². The summed E-state index contributed by atoms with van der Waals surface area (Å²) in [6.07, 6.45) is 2.80. The molecule has 0 aromatic heterocycles. The van der Waals surface area contributed by atoms with Crippen LogP contribution in [0, 0.1) is 0 Å². The van der Waals surface area contributed by atoms with Crippen LogP contribution in [0.2, 0.25) is 0 Å². The zero-order valence-electron chi connectivity index (χ0n) is 7.44. The molecule has 0 amide bonds. The fourth-order valence-corrected chi connectivity index (χ4v) is 2.35. The largest absolute Gasteiger partial charge is 0.294 e. The fraction of sp³-hybridized carbons (Fsp3) is 0.167. The van der Waals surface area contributed by atoms with Gasteiger partial charge in [0.1, 0.15) is 0 Å². The van der Waals surface area contributed by atoms with Crippen LogP contribution in [-0.4, -0.2) is 11.6 Å². The van der Waals surface area contributed by atoms with E-state index >= 15 is 0 Å². The second-order valence-corrected chi connectivity index (χ2v) is 3.72. The molecule has 0 saturated heterocycles. The van der Waals surface area contributed by atoms with E-state index in [0.29, 0.717) is 0 Å². The van der Waals surface area contributed by atoms with E-state index in [1.165, 1.54) is 12.2 Å². The van der Waals surface area contributed by atoms with Gasteiger partial charge in [0.2, 0.25) is 0 Å². The van der Waals surface area contributed by atoms with Crippen LogP contribution < -0.4 is 0 Å². The lowest BCUT2D eigenvalue weighted by atomic mass is 9.62. The van der Waals surface area contributed by atoms with Gasteiger partial charge in [-0.2, -0.15) is 0 Å². The number of hydrogen-bond acceptors (Lipinski definition) is 2. The molecule has 14 heavy (non-hydrogen) atoms. The lowest BCUT2D eigenvalue weighted by Gasteiger charge is -2.38. The first kappa shape index (κ1) is 7.68. The van der Waals surface area contributed by atoms with Crippen LogP contribution in [0.3, 0.4) is 0 Å². The van der Waals surface area contributed by atoms with Gasteiger partial charge in [0.15, 0.2) is 11.6 Å². The van der Waals surface area contributed by atoms with Crippen LogP contribution >= 0.6 is 0 Å². The van der Waals surface area contributed by atoms with E-state index in [1.54, 1.807) is 0 Å². The molecule has 0 heterocycles. The molecule has 2 atom stereocenters. The number of allylic oxidation sites excluding steroid dienone is 2. The lowest BCUT2D eigenvalue weighted by molar-refractivity contribution is -0.125. The maximum Gasteiger partial charge on any atom is 0.164 e. The molecule has 2 unspecified atom stereocenters. The number of hydrogen-bond donors (Lipinski definition) is 0. The molecular formula is C12H8O2. The second kappa shape index (κ2) is 2.41. The minimum atomic E-state index is -0.191. The Hall–Kier alpha value is -1.70. The molecule has 3 rings (SSSR count). The summed E-state index contributed by atoms with van der Waals surface area (Å²) in [7, 11) is 0. The molecule has 68 valence electrons. The summed E-state index contributed by atoms with van der Waals surface area (Å²) in [5, 5.41) is 0. The van der Waals surface area contributed by atoms with E-state index in [-0.39, 0.29) is 23.4 Å². The average molecular weight is 184 g/mol. The summed E-state index contributed by atoms with van der Waals surface area (Å²) in [6.45, 7) is 0. The van der Waals surface area contributed by atoms with E-state index in [9.17, 15) is 9.59 Å². The quantitative estimate of drug-likeness (QED) is 0.613. The normalized spacial score (nSPS) is 28.0. The fourth-order valence-electron chi connectivity index (χ4n) is 2.35. The summed E-state index contributed by atoms with van der Waals surface area (Å²) < 4.78 is 0. The first-order valence-electron chi connectivity index (χ1n) is 4.63. The minimum absolute atomic E-state index is 0.0632. The molecule has 2 aliphatic rings. The molecule has 0 N–H and O–H groups in total. The maximum atomic E-state index is 11.5. The van der Waals surface area contributed by atoms with Crippen molar-refractivity contribution in [1.29, 1.82) is 0 Å². The molecule has 0 bridgehead atoms. The zero-order valence-corrected chi connectivity index (χ0v) is 7.44. The van der Waals surface area contributed by atoms with Gasteiger partial charge in [-0.25, -0.2) is 0 Å². The topological polar surface area (TPSA) is 34.1 Å².